The summed E-state index contributed by atoms with van der Waals surface area (Å²) in [6.45, 7) is 1.62. The third kappa shape index (κ3) is 3.97. The maximum absolute atomic E-state index is 13.1. The molecule has 0 radical (unpaired) electrons. The number of hydrogen-bond acceptors (Lipinski definition) is 3. The monoisotopic (exact) mass is 316 g/mol. The van der Waals surface area contributed by atoms with Gasteiger partial charge in [0.15, 0.2) is 0 Å². The van der Waals surface area contributed by atoms with Crippen molar-refractivity contribution in [2.75, 3.05) is 17.2 Å². The van der Waals surface area contributed by atoms with Gasteiger partial charge in [0.2, 0.25) is 5.91 Å². The molecule has 1 atom stereocenters. The van der Waals surface area contributed by atoms with Gasteiger partial charge in [-0.1, -0.05) is 0 Å². The summed E-state index contributed by atoms with van der Waals surface area (Å²) in [7, 11) is 0. The Morgan fingerprint density at radius 1 is 1.27 bits per heavy atom. The molecule has 22 heavy (non-hydrogen) atoms. The average Bonchev–Trinajstić information content (AvgIpc) is 2.92. The van der Waals surface area contributed by atoms with Crippen molar-refractivity contribution in [1.29, 1.82) is 0 Å². The minimum Gasteiger partial charge on any atom is -0.368 e. The van der Waals surface area contributed by atoms with Crippen molar-refractivity contribution in [1.82, 2.24) is 0 Å². The van der Waals surface area contributed by atoms with Crippen molar-refractivity contribution in [3.8, 4) is 0 Å². The van der Waals surface area contributed by atoms with Gasteiger partial charge in [0.05, 0.1) is 11.3 Å². The molecule has 120 valence electrons. The molecule has 0 bridgehead atoms. The Hall–Kier alpha value is -2.09. The number of rotatable bonds is 3. The molecule has 8 heteroatoms. The number of halogens is 3. The Morgan fingerprint density at radius 3 is 2.55 bits per heavy atom. The molecule has 1 aromatic rings. The number of nitrogens with one attached hydrogen (secondary N) is 2. The second kappa shape index (κ2) is 6.35. The van der Waals surface area contributed by atoms with E-state index in [2.05, 4.69) is 10.6 Å². The summed E-state index contributed by atoms with van der Waals surface area (Å²) in [5, 5.41) is 4.52. The van der Waals surface area contributed by atoms with Gasteiger partial charge >= 0.3 is 6.18 Å². The van der Waals surface area contributed by atoms with Crippen LogP contribution >= 0.6 is 0 Å². The molecule has 0 aliphatic carbocycles. The van der Waals surface area contributed by atoms with Crippen LogP contribution in [0.15, 0.2) is 18.2 Å². The zero-order chi connectivity index (χ0) is 16.3. The number of hydrogen-bond donors (Lipinski definition) is 2. The van der Waals surface area contributed by atoms with Crippen molar-refractivity contribution in [2.24, 2.45) is 0 Å². The molecule has 5 nitrogen and oxygen atoms in total. The Bertz CT molecular complexity index is 581. The molecular formula is C14H15F3N2O3. The van der Waals surface area contributed by atoms with Crippen molar-refractivity contribution in [3.05, 3.63) is 23.8 Å². The number of carbonyl (C=O) groups is 2. The molecule has 1 aliphatic heterocycles. The summed E-state index contributed by atoms with van der Waals surface area (Å²) < 4.78 is 44.4. The largest absolute Gasteiger partial charge is 0.418 e. The van der Waals surface area contributed by atoms with Crippen LogP contribution in [0.2, 0.25) is 0 Å². The van der Waals surface area contributed by atoms with Crippen LogP contribution in [-0.4, -0.2) is 24.5 Å². The van der Waals surface area contributed by atoms with Crippen LogP contribution < -0.4 is 10.6 Å². The zero-order valence-corrected chi connectivity index (χ0v) is 11.8. The zero-order valence-electron chi connectivity index (χ0n) is 11.8. The highest BCUT2D eigenvalue weighted by Crippen LogP contribution is 2.36. The molecule has 1 aromatic carbocycles. The van der Waals surface area contributed by atoms with Gasteiger partial charge in [-0.2, -0.15) is 13.2 Å². The van der Waals surface area contributed by atoms with Gasteiger partial charge < -0.3 is 15.4 Å². The molecule has 0 spiro atoms. The van der Waals surface area contributed by atoms with E-state index in [0.717, 1.165) is 12.1 Å². The molecule has 1 heterocycles. The predicted octanol–water partition coefficient (Wildman–Crippen LogP) is 2.78. The first kappa shape index (κ1) is 16.3. The Balaban J connectivity index is 2.25. The highest BCUT2D eigenvalue weighted by atomic mass is 19.4. The fraction of sp³-hybridized carbons (Fsp3) is 0.429. The number of amides is 2. The number of carbonyl (C=O) groups excluding carboxylic acids is 2. The van der Waals surface area contributed by atoms with Crippen molar-refractivity contribution in [3.63, 3.8) is 0 Å². The van der Waals surface area contributed by atoms with Crippen LogP contribution in [-0.2, 0) is 20.5 Å². The SMILES string of the molecule is CC(=O)Nc1ccc(NC(=O)C2CCCO2)c(C(F)(F)F)c1. The van der Waals surface area contributed by atoms with E-state index in [1.165, 1.54) is 13.0 Å². The van der Waals surface area contributed by atoms with Gasteiger partial charge in [-0.25, -0.2) is 0 Å². The van der Waals surface area contributed by atoms with E-state index in [4.69, 9.17) is 4.74 Å². The third-order valence-electron chi connectivity index (χ3n) is 3.13. The minimum absolute atomic E-state index is 0.00920. The summed E-state index contributed by atoms with van der Waals surface area (Å²) in [6, 6.07) is 3.19. The number of alkyl halides is 3. The number of anilines is 2. The first-order valence-electron chi connectivity index (χ1n) is 6.68. The van der Waals surface area contributed by atoms with E-state index < -0.39 is 29.7 Å². The van der Waals surface area contributed by atoms with Gasteiger partial charge in [0.25, 0.3) is 5.91 Å². The van der Waals surface area contributed by atoms with Gasteiger partial charge in [0, 0.05) is 19.2 Å². The number of ether oxygens (including phenoxy) is 1. The maximum atomic E-state index is 13.1. The lowest BCUT2D eigenvalue weighted by Crippen LogP contribution is -2.28. The van der Waals surface area contributed by atoms with E-state index in [1.807, 2.05) is 0 Å². The minimum atomic E-state index is -4.66. The molecular weight excluding hydrogens is 301 g/mol. The molecule has 2 rings (SSSR count). The maximum Gasteiger partial charge on any atom is 0.418 e. The highest BCUT2D eigenvalue weighted by molar-refractivity contribution is 5.96. The third-order valence-corrected chi connectivity index (χ3v) is 3.13. The lowest BCUT2D eigenvalue weighted by atomic mass is 10.1. The fourth-order valence-electron chi connectivity index (χ4n) is 2.17. The average molecular weight is 316 g/mol. The molecule has 0 saturated carbocycles. The van der Waals surface area contributed by atoms with Crippen LogP contribution in [0.3, 0.4) is 0 Å². The lowest BCUT2D eigenvalue weighted by Gasteiger charge is -2.17. The quantitative estimate of drug-likeness (QED) is 0.901. The standard InChI is InChI=1S/C14H15F3N2O3/c1-8(20)18-9-4-5-11(10(7-9)14(15,16)17)19-13(21)12-3-2-6-22-12/h4-5,7,12H,2-3,6H2,1H3,(H,18,20)(H,19,21). The second-order valence-corrected chi connectivity index (χ2v) is 4.93. The van der Waals surface area contributed by atoms with Crippen LogP contribution in [0.5, 0.6) is 0 Å². The van der Waals surface area contributed by atoms with E-state index in [0.29, 0.717) is 19.4 Å². The normalized spacial score (nSPS) is 18.1. The molecule has 1 fully saturated rings. The summed E-state index contributed by atoms with van der Waals surface area (Å²) in [6.07, 6.45) is -4.20. The highest BCUT2D eigenvalue weighted by Gasteiger charge is 2.35. The Morgan fingerprint density at radius 2 is 2.00 bits per heavy atom. The molecule has 1 saturated heterocycles. The first-order chi connectivity index (χ1) is 10.3. The summed E-state index contributed by atoms with van der Waals surface area (Å²) in [4.78, 5) is 22.8. The fourth-order valence-corrected chi connectivity index (χ4v) is 2.17. The summed E-state index contributed by atoms with van der Waals surface area (Å²) in [5.41, 5.74) is -1.37. The van der Waals surface area contributed by atoms with Crippen LogP contribution in [0.1, 0.15) is 25.3 Å². The Kier molecular flexibility index (Phi) is 4.70. The van der Waals surface area contributed by atoms with Gasteiger partial charge in [-0.3, -0.25) is 9.59 Å². The molecule has 2 N–H and O–H groups in total. The first-order valence-corrected chi connectivity index (χ1v) is 6.68. The summed E-state index contributed by atoms with van der Waals surface area (Å²) in [5.74, 6) is -1.08. The van der Waals surface area contributed by atoms with Crippen molar-refractivity contribution in [2.45, 2.75) is 32.0 Å². The van der Waals surface area contributed by atoms with Crippen LogP contribution in [0, 0.1) is 0 Å². The van der Waals surface area contributed by atoms with Gasteiger partial charge in [-0.05, 0) is 31.0 Å². The Labute approximate surface area is 124 Å². The van der Waals surface area contributed by atoms with Crippen molar-refractivity contribution < 1.29 is 27.5 Å². The van der Waals surface area contributed by atoms with Gasteiger partial charge in [0.1, 0.15) is 6.10 Å². The number of benzene rings is 1. The van der Waals surface area contributed by atoms with Crippen LogP contribution in [0.4, 0.5) is 24.5 Å². The van der Waals surface area contributed by atoms with E-state index >= 15 is 0 Å². The van der Waals surface area contributed by atoms with Gasteiger partial charge in [-0.15, -0.1) is 0 Å². The lowest BCUT2D eigenvalue weighted by molar-refractivity contribution is -0.137. The summed E-state index contributed by atoms with van der Waals surface area (Å²) >= 11 is 0. The molecule has 1 aliphatic rings. The van der Waals surface area contributed by atoms with Crippen molar-refractivity contribution >= 4 is 23.2 Å². The second-order valence-electron chi connectivity index (χ2n) is 4.93. The van der Waals surface area contributed by atoms with E-state index in [1.54, 1.807) is 0 Å². The smallest absolute Gasteiger partial charge is 0.368 e. The molecule has 2 amide bonds. The molecule has 1 unspecified atom stereocenters. The van der Waals surface area contributed by atoms with E-state index in [-0.39, 0.29) is 11.4 Å². The van der Waals surface area contributed by atoms with Crippen LogP contribution in [0.25, 0.3) is 0 Å². The topological polar surface area (TPSA) is 67.4 Å². The molecule has 0 aromatic heterocycles. The predicted molar refractivity (Wildman–Crippen MR) is 73.4 cm³/mol. The van der Waals surface area contributed by atoms with E-state index in [9.17, 15) is 22.8 Å².